The van der Waals surface area contributed by atoms with Crippen LogP contribution in [0.15, 0.2) is 42.5 Å². The summed E-state index contributed by atoms with van der Waals surface area (Å²) in [5.41, 5.74) is -0.231. The maximum atomic E-state index is 13.0. The van der Waals surface area contributed by atoms with Crippen LogP contribution in [0.25, 0.3) is 0 Å². The number of anilines is 1. The maximum absolute atomic E-state index is 13.0. The number of benzene rings is 2. The Hall–Kier alpha value is -3.75. The van der Waals surface area contributed by atoms with Gasteiger partial charge < -0.3 is 24.8 Å². The molecule has 0 bridgehead atoms. The van der Waals surface area contributed by atoms with Gasteiger partial charge in [-0.3, -0.25) is 14.5 Å². The molecule has 0 aliphatic carbocycles. The van der Waals surface area contributed by atoms with Crippen molar-refractivity contribution < 1.29 is 28.6 Å². The van der Waals surface area contributed by atoms with Crippen LogP contribution < -0.4 is 24.8 Å². The smallest absolute Gasteiger partial charge is 0.325 e. The quantitative estimate of drug-likeness (QED) is 0.706. The summed E-state index contributed by atoms with van der Waals surface area (Å²) in [6.45, 7) is 3.71. The van der Waals surface area contributed by atoms with E-state index >= 15 is 0 Å². The van der Waals surface area contributed by atoms with E-state index in [9.17, 15) is 14.4 Å². The Morgan fingerprint density at radius 2 is 1.90 bits per heavy atom. The van der Waals surface area contributed by atoms with Crippen LogP contribution in [0.2, 0.25) is 0 Å². The van der Waals surface area contributed by atoms with Gasteiger partial charge in [0.2, 0.25) is 12.7 Å². The predicted octanol–water partition coefficient (Wildman–Crippen LogP) is 2.22. The second-order valence-corrected chi connectivity index (χ2v) is 7.02. The lowest BCUT2D eigenvalue weighted by Crippen LogP contribution is -2.42. The lowest BCUT2D eigenvalue weighted by Gasteiger charge is -2.22. The largest absolute Gasteiger partial charge is 0.494 e. The highest BCUT2D eigenvalue weighted by Crippen LogP contribution is 2.37. The van der Waals surface area contributed by atoms with Crippen molar-refractivity contribution in [2.45, 2.75) is 19.4 Å². The minimum absolute atomic E-state index is 0.105. The third-order valence-corrected chi connectivity index (χ3v) is 4.98. The van der Waals surface area contributed by atoms with E-state index in [1.54, 1.807) is 49.4 Å². The van der Waals surface area contributed by atoms with Crippen molar-refractivity contribution in [3.63, 3.8) is 0 Å². The molecule has 30 heavy (non-hydrogen) atoms. The molecular formula is C21H21N3O6. The van der Waals surface area contributed by atoms with Gasteiger partial charge in [-0.15, -0.1) is 0 Å². The standard InChI is InChI=1S/C21H21N3O6/c1-3-28-15-7-5-14(6-8-15)22-18(25)11-24-19(26)21(2,23-20(24)27)13-4-9-16-17(10-13)30-12-29-16/h4-10H,3,11-12H2,1-2H3,(H,22,25)(H,23,27)/t21-/m1/s1. The fourth-order valence-electron chi connectivity index (χ4n) is 3.39. The zero-order valence-electron chi connectivity index (χ0n) is 16.6. The van der Waals surface area contributed by atoms with Gasteiger partial charge in [0, 0.05) is 5.69 Å². The molecule has 9 heteroatoms. The summed E-state index contributed by atoms with van der Waals surface area (Å²) in [4.78, 5) is 38.8. The monoisotopic (exact) mass is 411 g/mol. The summed E-state index contributed by atoms with van der Waals surface area (Å²) in [7, 11) is 0. The molecule has 4 rings (SSSR count). The van der Waals surface area contributed by atoms with Crippen LogP contribution in [0.4, 0.5) is 10.5 Å². The van der Waals surface area contributed by atoms with Crippen molar-refractivity contribution in [2.24, 2.45) is 0 Å². The fraction of sp³-hybridized carbons (Fsp3) is 0.286. The van der Waals surface area contributed by atoms with Crippen molar-refractivity contribution in [1.29, 1.82) is 0 Å². The highest BCUT2D eigenvalue weighted by Gasteiger charge is 2.49. The normalized spacial score (nSPS) is 19.6. The Labute approximate surface area is 172 Å². The van der Waals surface area contributed by atoms with Crippen molar-refractivity contribution in [3.05, 3.63) is 48.0 Å². The Balaban J connectivity index is 1.45. The van der Waals surface area contributed by atoms with Crippen molar-refractivity contribution in [2.75, 3.05) is 25.3 Å². The Bertz CT molecular complexity index is 1010. The summed E-state index contributed by atoms with van der Waals surface area (Å²) < 4.78 is 16.0. The zero-order valence-corrected chi connectivity index (χ0v) is 16.6. The van der Waals surface area contributed by atoms with Crippen LogP contribution in [-0.4, -0.2) is 42.7 Å². The molecule has 0 unspecified atom stereocenters. The van der Waals surface area contributed by atoms with E-state index in [1.807, 2.05) is 6.92 Å². The first-order valence-electron chi connectivity index (χ1n) is 9.47. The molecule has 2 aromatic carbocycles. The van der Waals surface area contributed by atoms with Crippen LogP contribution in [0.1, 0.15) is 19.4 Å². The molecule has 0 spiro atoms. The van der Waals surface area contributed by atoms with Gasteiger partial charge in [-0.2, -0.15) is 0 Å². The first-order chi connectivity index (χ1) is 14.4. The van der Waals surface area contributed by atoms with Crippen molar-refractivity contribution in [3.8, 4) is 17.2 Å². The van der Waals surface area contributed by atoms with Crippen molar-refractivity contribution in [1.82, 2.24) is 10.2 Å². The molecular weight excluding hydrogens is 390 g/mol. The van der Waals surface area contributed by atoms with E-state index < -0.39 is 29.9 Å². The fourth-order valence-corrected chi connectivity index (χ4v) is 3.39. The molecule has 2 N–H and O–H groups in total. The Kier molecular flexibility index (Phi) is 4.94. The van der Waals surface area contributed by atoms with E-state index in [1.165, 1.54) is 0 Å². The first-order valence-corrected chi connectivity index (χ1v) is 9.47. The van der Waals surface area contributed by atoms with E-state index in [0.717, 1.165) is 4.90 Å². The van der Waals surface area contributed by atoms with Gasteiger partial charge in [0.25, 0.3) is 5.91 Å². The van der Waals surface area contributed by atoms with E-state index in [0.29, 0.717) is 35.1 Å². The van der Waals surface area contributed by atoms with Gasteiger partial charge in [0.05, 0.1) is 6.61 Å². The SMILES string of the molecule is CCOc1ccc(NC(=O)CN2C(=O)N[C@](C)(c3ccc4c(c3)OCO4)C2=O)cc1. The average molecular weight is 411 g/mol. The Morgan fingerprint density at radius 3 is 2.63 bits per heavy atom. The highest BCUT2D eigenvalue weighted by atomic mass is 16.7. The highest BCUT2D eigenvalue weighted by molar-refractivity contribution is 6.10. The van der Waals surface area contributed by atoms with Crippen LogP contribution in [-0.2, 0) is 15.1 Å². The second-order valence-electron chi connectivity index (χ2n) is 7.02. The minimum atomic E-state index is -1.31. The number of hydrogen-bond donors (Lipinski definition) is 2. The molecule has 9 nitrogen and oxygen atoms in total. The summed E-state index contributed by atoms with van der Waals surface area (Å²) in [5.74, 6) is 0.753. The molecule has 0 saturated carbocycles. The molecule has 1 fully saturated rings. The molecule has 0 aromatic heterocycles. The van der Waals surface area contributed by atoms with Gasteiger partial charge >= 0.3 is 6.03 Å². The lowest BCUT2D eigenvalue weighted by atomic mass is 9.91. The molecule has 2 aliphatic heterocycles. The number of fused-ring (bicyclic) bond motifs is 1. The van der Waals surface area contributed by atoms with Crippen LogP contribution in [0.3, 0.4) is 0 Å². The number of urea groups is 1. The topological polar surface area (TPSA) is 106 Å². The van der Waals surface area contributed by atoms with Gasteiger partial charge in [0.1, 0.15) is 17.8 Å². The number of carbonyl (C=O) groups is 3. The average Bonchev–Trinajstić information content (AvgIpc) is 3.28. The van der Waals surface area contributed by atoms with E-state index in [4.69, 9.17) is 14.2 Å². The molecule has 2 aromatic rings. The van der Waals surface area contributed by atoms with Crippen molar-refractivity contribution >= 4 is 23.5 Å². The number of imide groups is 1. The summed E-state index contributed by atoms with van der Waals surface area (Å²) in [5, 5.41) is 5.35. The maximum Gasteiger partial charge on any atom is 0.325 e. The minimum Gasteiger partial charge on any atom is -0.494 e. The van der Waals surface area contributed by atoms with Gasteiger partial charge in [-0.1, -0.05) is 6.07 Å². The summed E-state index contributed by atoms with van der Waals surface area (Å²) in [6, 6.07) is 11.2. The van der Waals surface area contributed by atoms with Gasteiger partial charge in [-0.05, 0) is 55.8 Å². The summed E-state index contributed by atoms with van der Waals surface area (Å²) in [6.07, 6.45) is 0. The molecule has 0 radical (unpaired) electrons. The number of nitrogens with zero attached hydrogens (tertiary/aromatic N) is 1. The molecule has 1 atom stereocenters. The number of amides is 4. The second kappa shape index (κ2) is 7.58. The van der Waals surface area contributed by atoms with Crippen LogP contribution in [0, 0.1) is 0 Å². The number of carbonyl (C=O) groups excluding carboxylic acids is 3. The first kappa shape index (κ1) is 19.6. The summed E-state index contributed by atoms with van der Waals surface area (Å²) >= 11 is 0. The third kappa shape index (κ3) is 3.49. The third-order valence-electron chi connectivity index (χ3n) is 4.98. The van der Waals surface area contributed by atoms with Gasteiger partial charge in [-0.25, -0.2) is 4.79 Å². The number of nitrogens with one attached hydrogen (secondary N) is 2. The van der Waals surface area contributed by atoms with E-state index in [2.05, 4.69) is 10.6 Å². The molecule has 1 saturated heterocycles. The molecule has 156 valence electrons. The predicted molar refractivity (Wildman–Crippen MR) is 106 cm³/mol. The molecule has 4 amide bonds. The van der Waals surface area contributed by atoms with Gasteiger partial charge in [0.15, 0.2) is 11.5 Å². The molecule has 2 heterocycles. The molecule has 2 aliphatic rings. The number of rotatable bonds is 6. The Morgan fingerprint density at radius 1 is 1.17 bits per heavy atom. The van der Waals surface area contributed by atoms with E-state index in [-0.39, 0.29) is 6.79 Å². The van der Waals surface area contributed by atoms with Crippen LogP contribution in [0.5, 0.6) is 17.2 Å². The zero-order chi connectivity index (χ0) is 21.3. The van der Waals surface area contributed by atoms with Crippen LogP contribution >= 0.6 is 0 Å². The number of hydrogen-bond acceptors (Lipinski definition) is 6. The number of ether oxygens (including phenoxy) is 3. The lowest BCUT2D eigenvalue weighted by molar-refractivity contribution is -0.133.